The van der Waals surface area contributed by atoms with Gasteiger partial charge in [0, 0.05) is 17.8 Å². The molecule has 19 heavy (non-hydrogen) atoms. The van der Waals surface area contributed by atoms with E-state index in [1.165, 1.54) is 5.56 Å². The zero-order valence-corrected chi connectivity index (χ0v) is 12.9. The molecule has 2 N–H and O–H groups in total. The summed E-state index contributed by atoms with van der Waals surface area (Å²) in [6.07, 6.45) is 2.11. The van der Waals surface area contributed by atoms with Crippen molar-refractivity contribution in [1.29, 1.82) is 0 Å². The van der Waals surface area contributed by atoms with Gasteiger partial charge in [0.05, 0.1) is 5.92 Å². The van der Waals surface area contributed by atoms with Gasteiger partial charge in [-0.25, -0.2) is 0 Å². The van der Waals surface area contributed by atoms with Crippen molar-refractivity contribution in [2.24, 2.45) is 0 Å². The Labute approximate surface area is 119 Å². The fourth-order valence-electron chi connectivity index (χ4n) is 1.65. The molecule has 0 aliphatic heterocycles. The van der Waals surface area contributed by atoms with Crippen LogP contribution in [0.4, 0.5) is 0 Å². The number of carboxylic acid groups (broad SMARTS) is 1. The standard InChI is InChI=1S/C15H23NO2S/c1-11(14(17)18)13-7-5-12(6-8-13)9-16-10-15(2,3)19-4/h5-8,11,16H,9-10H2,1-4H3,(H,17,18). The lowest BCUT2D eigenvalue weighted by molar-refractivity contribution is -0.138. The monoisotopic (exact) mass is 281 g/mol. The summed E-state index contributed by atoms with van der Waals surface area (Å²) in [6.45, 7) is 7.88. The van der Waals surface area contributed by atoms with E-state index in [0.29, 0.717) is 0 Å². The fourth-order valence-corrected chi connectivity index (χ4v) is 1.89. The van der Waals surface area contributed by atoms with E-state index in [0.717, 1.165) is 18.7 Å². The zero-order valence-electron chi connectivity index (χ0n) is 12.1. The molecule has 0 spiro atoms. The first-order chi connectivity index (χ1) is 8.85. The van der Waals surface area contributed by atoms with Crippen molar-refractivity contribution in [1.82, 2.24) is 5.32 Å². The summed E-state index contributed by atoms with van der Waals surface area (Å²) in [7, 11) is 0. The molecule has 0 bridgehead atoms. The van der Waals surface area contributed by atoms with E-state index in [1.807, 2.05) is 36.0 Å². The topological polar surface area (TPSA) is 49.3 Å². The molecule has 3 nitrogen and oxygen atoms in total. The number of carboxylic acids is 1. The zero-order chi connectivity index (χ0) is 14.5. The van der Waals surface area contributed by atoms with E-state index in [1.54, 1.807) is 6.92 Å². The average molecular weight is 281 g/mol. The highest BCUT2D eigenvalue weighted by Crippen LogP contribution is 2.20. The second-order valence-corrected chi connectivity index (χ2v) is 6.88. The predicted octanol–water partition coefficient (Wildman–Crippen LogP) is 3.11. The maximum absolute atomic E-state index is 10.9. The van der Waals surface area contributed by atoms with Crippen LogP contribution in [0.1, 0.15) is 37.8 Å². The number of benzene rings is 1. The van der Waals surface area contributed by atoms with E-state index in [9.17, 15) is 4.79 Å². The summed E-state index contributed by atoms with van der Waals surface area (Å²) < 4.78 is 0.234. The van der Waals surface area contributed by atoms with Crippen LogP contribution in [0.2, 0.25) is 0 Å². The van der Waals surface area contributed by atoms with E-state index >= 15 is 0 Å². The summed E-state index contributed by atoms with van der Waals surface area (Å²) in [5, 5.41) is 12.4. The van der Waals surface area contributed by atoms with Crippen molar-refractivity contribution in [3.05, 3.63) is 35.4 Å². The Morgan fingerprint density at radius 3 is 2.42 bits per heavy atom. The Morgan fingerprint density at radius 1 is 1.37 bits per heavy atom. The van der Waals surface area contributed by atoms with Crippen molar-refractivity contribution in [2.45, 2.75) is 38.0 Å². The number of hydrogen-bond donors (Lipinski definition) is 2. The van der Waals surface area contributed by atoms with Gasteiger partial charge in [0.1, 0.15) is 0 Å². The van der Waals surface area contributed by atoms with Crippen molar-refractivity contribution in [2.75, 3.05) is 12.8 Å². The molecular weight excluding hydrogens is 258 g/mol. The lowest BCUT2D eigenvalue weighted by atomic mass is 10.00. The molecule has 0 aromatic heterocycles. The van der Waals surface area contributed by atoms with Crippen molar-refractivity contribution >= 4 is 17.7 Å². The predicted molar refractivity (Wildman–Crippen MR) is 81.8 cm³/mol. The van der Waals surface area contributed by atoms with Crippen LogP contribution in [0.3, 0.4) is 0 Å². The van der Waals surface area contributed by atoms with Gasteiger partial charge >= 0.3 is 5.97 Å². The Balaban J connectivity index is 2.51. The number of rotatable bonds is 7. The minimum absolute atomic E-state index is 0.234. The van der Waals surface area contributed by atoms with Gasteiger partial charge in [0.15, 0.2) is 0 Å². The van der Waals surface area contributed by atoms with Gasteiger partial charge in [-0.3, -0.25) is 4.79 Å². The molecule has 106 valence electrons. The summed E-state index contributed by atoms with van der Waals surface area (Å²) in [5.74, 6) is -1.23. The number of hydrogen-bond acceptors (Lipinski definition) is 3. The fraction of sp³-hybridized carbons (Fsp3) is 0.533. The van der Waals surface area contributed by atoms with E-state index in [-0.39, 0.29) is 4.75 Å². The molecule has 0 radical (unpaired) electrons. The molecule has 4 heteroatoms. The molecule has 0 heterocycles. The Hall–Kier alpha value is -1.00. The molecule has 0 saturated heterocycles. The molecule has 1 unspecified atom stereocenters. The molecule has 0 fully saturated rings. The SMILES string of the molecule is CSC(C)(C)CNCc1ccc(C(C)C(=O)O)cc1. The van der Waals surface area contributed by atoms with Crippen LogP contribution >= 0.6 is 11.8 Å². The van der Waals surface area contributed by atoms with Crippen LogP contribution in [-0.4, -0.2) is 28.6 Å². The number of aliphatic carboxylic acids is 1. The lowest BCUT2D eigenvalue weighted by Gasteiger charge is -2.22. The molecule has 1 atom stereocenters. The number of carbonyl (C=O) groups is 1. The Kier molecular flexibility index (Phi) is 5.88. The first-order valence-corrected chi connectivity index (χ1v) is 7.66. The lowest BCUT2D eigenvalue weighted by Crippen LogP contribution is -2.31. The van der Waals surface area contributed by atoms with Gasteiger partial charge < -0.3 is 10.4 Å². The molecule has 1 aromatic rings. The highest BCUT2D eigenvalue weighted by Gasteiger charge is 2.15. The third-order valence-electron chi connectivity index (χ3n) is 3.28. The second-order valence-electron chi connectivity index (χ2n) is 5.37. The van der Waals surface area contributed by atoms with Crippen LogP contribution in [0.5, 0.6) is 0 Å². The molecule has 1 rings (SSSR count). The van der Waals surface area contributed by atoms with Gasteiger partial charge in [-0.05, 0) is 38.2 Å². The van der Waals surface area contributed by atoms with E-state index in [2.05, 4.69) is 25.4 Å². The van der Waals surface area contributed by atoms with Gasteiger partial charge in [-0.15, -0.1) is 0 Å². The average Bonchev–Trinajstić information content (AvgIpc) is 2.38. The molecule has 0 amide bonds. The molecule has 0 saturated carbocycles. The number of thioether (sulfide) groups is 1. The smallest absolute Gasteiger partial charge is 0.310 e. The van der Waals surface area contributed by atoms with Crippen LogP contribution < -0.4 is 5.32 Å². The summed E-state index contributed by atoms with van der Waals surface area (Å²) in [5.41, 5.74) is 2.03. The Morgan fingerprint density at radius 2 is 1.95 bits per heavy atom. The molecule has 0 aliphatic rings. The third kappa shape index (κ3) is 5.25. The normalized spacial score (nSPS) is 13.3. The Bertz CT molecular complexity index is 415. The summed E-state index contributed by atoms with van der Waals surface area (Å²) in [6, 6.07) is 7.78. The molecule has 0 aliphatic carbocycles. The highest BCUT2D eigenvalue weighted by atomic mass is 32.2. The van der Waals surface area contributed by atoms with Crippen molar-refractivity contribution < 1.29 is 9.90 Å². The minimum Gasteiger partial charge on any atom is -0.481 e. The largest absolute Gasteiger partial charge is 0.481 e. The first-order valence-electron chi connectivity index (χ1n) is 6.43. The van der Waals surface area contributed by atoms with Gasteiger partial charge in [0.25, 0.3) is 0 Å². The van der Waals surface area contributed by atoms with E-state index in [4.69, 9.17) is 5.11 Å². The maximum atomic E-state index is 10.9. The third-order valence-corrected chi connectivity index (χ3v) is 4.53. The minimum atomic E-state index is -0.785. The highest BCUT2D eigenvalue weighted by molar-refractivity contribution is 7.99. The summed E-state index contributed by atoms with van der Waals surface area (Å²) in [4.78, 5) is 10.9. The van der Waals surface area contributed by atoms with Crippen LogP contribution in [0.25, 0.3) is 0 Å². The van der Waals surface area contributed by atoms with Crippen LogP contribution in [-0.2, 0) is 11.3 Å². The van der Waals surface area contributed by atoms with Crippen molar-refractivity contribution in [3.8, 4) is 0 Å². The molecule has 1 aromatic carbocycles. The quantitative estimate of drug-likeness (QED) is 0.806. The van der Waals surface area contributed by atoms with Gasteiger partial charge in [-0.1, -0.05) is 24.3 Å². The number of nitrogens with one attached hydrogen (secondary N) is 1. The molecular formula is C15H23NO2S. The van der Waals surface area contributed by atoms with Crippen LogP contribution in [0, 0.1) is 0 Å². The van der Waals surface area contributed by atoms with Gasteiger partial charge in [0.2, 0.25) is 0 Å². The van der Waals surface area contributed by atoms with E-state index < -0.39 is 11.9 Å². The van der Waals surface area contributed by atoms with Crippen molar-refractivity contribution in [3.63, 3.8) is 0 Å². The van der Waals surface area contributed by atoms with Gasteiger partial charge in [-0.2, -0.15) is 11.8 Å². The van der Waals surface area contributed by atoms with Crippen LogP contribution in [0.15, 0.2) is 24.3 Å². The first kappa shape index (κ1) is 16.1. The second kappa shape index (κ2) is 6.96. The summed E-state index contributed by atoms with van der Waals surface area (Å²) >= 11 is 1.84. The maximum Gasteiger partial charge on any atom is 0.310 e.